The predicted molar refractivity (Wildman–Crippen MR) is 64.5 cm³/mol. The van der Waals surface area contributed by atoms with E-state index in [9.17, 15) is 0 Å². The van der Waals surface area contributed by atoms with E-state index in [2.05, 4.69) is 48.2 Å². The largest absolute Gasteiger partial charge is 0.317 e. The molecular weight excluding hydrogens is 308 g/mol. The summed E-state index contributed by atoms with van der Waals surface area (Å²) in [5.74, 6) is 0.610. The number of aromatic nitrogens is 1. The number of pyridine rings is 1. The van der Waals surface area contributed by atoms with Crippen molar-refractivity contribution >= 4 is 31.9 Å². The monoisotopic (exact) mass is 318 g/mol. The van der Waals surface area contributed by atoms with Gasteiger partial charge in [-0.15, -0.1) is 0 Å². The van der Waals surface area contributed by atoms with E-state index in [1.54, 1.807) is 0 Å². The van der Waals surface area contributed by atoms with E-state index in [1.807, 2.05) is 6.20 Å². The molecule has 0 atom stereocenters. The third-order valence-electron chi connectivity index (χ3n) is 2.56. The Kier molecular flexibility index (Phi) is 3.57. The molecule has 0 aromatic carbocycles. The minimum atomic E-state index is 0.610. The molecular formula is C10H12Br2N2. The van der Waals surface area contributed by atoms with Gasteiger partial charge in [-0.05, 0) is 63.9 Å². The molecule has 76 valence electrons. The van der Waals surface area contributed by atoms with Crippen LogP contribution in [0.15, 0.2) is 21.2 Å². The van der Waals surface area contributed by atoms with Gasteiger partial charge in [0.2, 0.25) is 0 Å². The van der Waals surface area contributed by atoms with Gasteiger partial charge in [-0.3, -0.25) is 4.98 Å². The number of nitrogens with zero attached hydrogens (tertiary/aromatic N) is 1. The number of halogens is 2. The zero-order valence-electron chi connectivity index (χ0n) is 7.76. The number of nitrogens with one attached hydrogen (secondary N) is 1. The van der Waals surface area contributed by atoms with Crippen LogP contribution in [0.25, 0.3) is 0 Å². The predicted octanol–water partition coefficient (Wildman–Crippen LogP) is 3.07. The molecule has 0 aliphatic carbocycles. The summed E-state index contributed by atoms with van der Waals surface area (Å²) >= 11 is 6.99. The molecule has 0 amide bonds. The molecule has 1 aliphatic heterocycles. The van der Waals surface area contributed by atoms with Gasteiger partial charge < -0.3 is 5.32 Å². The molecule has 0 unspecified atom stereocenters. The molecule has 1 saturated heterocycles. The molecule has 0 saturated carbocycles. The lowest BCUT2D eigenvalue weighted by Crippen LogP contribution is -2.27. The van der Waals surface area contributed by atoms with Gasteiger partial charge in [0, 0.05) is 21.1 Å². The van der Waals surface area contributed by atoms with Gasteiger partial charge in [0.05, 0.1) is 5.69 Å². The van der Waals surface area contributed by atoms with Gasteiger partial charge in [0.25, 0.3) is 0 Å². The van der Waals surface area contributed by atoms with Crippen molar-refractivity contribution in [2.75, 3.05) is 13.1 Å². The van der Waals surface area contributed by atoms with Gasteiger partial charge in [-0.1, -0.05) is 0 Å². The van der Waals surface area contributed by atoms with Gasteiger partial charge in [-0.25, -0.2) is 0 Å². The van der Waals surface area contributed by atoms with Crippen molar-refractivity contribution in [2.24, 2.45) is 0 Å². The maximum atomic E-state index is 4.48. The molecule has 1 N–H and O–H groups in total. The Hall–Kier alpha value is 0.0700. The second-order valence-electron chi connectivity index (χ2n) is 3.54. The van der Waals surface area contributed by atoms with E-state index >= 15 is 0 Å². The fraction of sp³-hybridized carbons (Fsp3) is 0.500. The lowest BCUT2D eigenvalue weighted by Gasteiger charge is -2.22. The van der Waals surface area contributed by atoms with Crippen LogP contribution in [0, 0.1) is 0 Å². The molecule has 0 radical (unpaired) electrons. The van der Waals surface area contributed by atoms with Crippen molar-refractivity contribution in [1.29, 1.82) is 0 Å². The van der Waals surface area contributed by atoms with Crippen molar-refractivity contribution in [3.8, 4) is 0 Å². The normalized spacial score (nSPS) is 18.4. The van der Waals surface area contributed by atoms with Crippen LogP contribution in [0.2, 0.25) is 0 Å². The van der Waals surface area contributed by atoms with E-state index in [1.165, 1.54) is 18.5 Å². The Morgan fingerprint density at radius 3 is 2.64 bits per heavy atom. The fourth-order valence-corrected chi connectivity index (χ4v) is 3.13. The fourth-order valence-electron chi connectivity index (χ4n) is 1.82. The van der Waals surface area contributed by atoms with Crippen LogP contribution >= 0.6 is 31.9 Å². The highest BCUT2D eigenvalue weighted by Crippen LogP contribution is 2.30. The van der Waals surface area contributed by atoms with Crippen molar-refractivity contribution in [3.63, 3.8) is 0 Å². The summed E-state index contributed by atoms with van der Waals surface area (Å²) in [5.41, 5.74) is 1.20. The molecule has 1 fully saturated rings. The van der Waals surface area contributed by atoms with Crippen LogP contribution in [0.4, 0.5) is 0 Å². The number of piperidine rings is 1. The summed E-state index contributed by atoms with van der Waals surface area (Å²) < 4.78 is 2.15. The van der Waals surface area contributed by atoms with Crippen LogP contribution in [0.3, 0.4) is 0 Å². The first-order chi connectivity index (χ1) is 6.77. The standard InChI is InChI=1S/C10H12Br2N2/c11-8-5-9(12)10(14-6-8)7-1-3-13-4-2-7/h5-7,13H,1-4H2. The minimum absolute atomic E-state index is 0.610. The summed E-state index contributed by atoms with van der Waals surface area (Å²) in [5, 5.41) is 3.36. The van der Waals surface area contributed by atoms with Gasteiger partial charge in [-0.2, -0.15) is 0 Å². The van der Waals surface area contributed by atoms with Crippen molar-refractivity contribution in [2.45, 2.75) is 18.8 Å². The zero-order chi connectivity index (χ0) is 9.97. The van der Waals surface area contributed by atoms with E-state index in [0.29, 0.717) is 5.92 Å². The van der Waals surface area contributed by atoms with Crippen LogP contribution in [-0.4, -0.2) is 18.1 Å². The number of hydrogen-bond donors (Lipinski definition) is 1. The Balaban J connectivity index is 2.22. The Labute approximate surface area is 101 Å². The van der Waals surface area contributed by atoms with Crippen LogP contribution in [0.1, 0.15) is 24.5 Å². The first kappa shape index (κ1) is 10.6. The average molecular weight is 320 g/mol. The second kappa shape index (κ2) is 4.73. The summed E-state index contributed by atoms with van der Waals surface area (Å²) in [6.07, 6.45) is 4.25. The summed E-state index contributed by atoms with van der Waals surface area (Å²) in [4.78, 5) is 4.48. The number of rotatable bonds is 1. The van der Waals surface area contributed by atoms with Gasteiger partial charge in [0.15, 0.2) is 0 Å². The molecule has 4 heteroatoms. The molecule has 2 nitrogen and oxygen atoms in total. The Morgan fingerprint density at radius 2 is 2.00 bits per heavy atom. The molecule has 2 rings (SSSR count). The number of hydrogen-bond acceptors (Lipinski definition) is 2. The maximum absolute atomic E-state index is 4.48. The summed E-state index contributed by atoms with van der Waals surface area (Å²) in [7, 11) is 0. The van der Waals surface area contributed by atoms with Crippen LogP contribution < -0.4 is 5.32 Å². The maximum Gasteiger partial charge on any atom is 0.0578 e. The molecule has 1 aromatic rings. The highest BCUT2D eigenvalue weighted by molar-refractivity contribution is 9.11. The van der Waals surface area contributed by atoms with E-state index in [0.717, 1.165) is 22.0 Å². The summed E-state index contributed by atoms with van der Waals surface area (Å²) in [6.45, 7) is 2.21. The first-order valence-corrected chi connectivity index (χ1v) is 6.37. The lowest BCUT2D eigenvalue weighted by atomic mass is 9.94. The van der Waals surface area contributed by atoms with Crippen LogP contribution in [-0.2, 0) is 0 Å². The highest BCUT2D eigenvalue weighted by Gasteiger charge is 2.18. The molecule has 1 aromatic heterocycles. The molecule has 1 aliphatic rings. The van der Waals surface area contributed by atoms with E-state index in [4.69, 9.17) is 0 Å². The van der Waals surface area contributed by atoms with E-state index in [-0.39, 0.29) is 0 Å². The smallest absolute Gasteiger partial charge is 0.0578 e. The summed E-state index contributed by atoms with van der Waals surface area (Å²) in [6, 6.07) is 2.07. The third kappa shape index (κ3) is 2.35. The quantitative estimate of drug-likeness (QED) is 0.860. The second-order valence-corrected chi connectivity index (χ2v) is 5.31. The third-order valence-corrected chi connectivity index (χ3v) is 3.63. The molecule has 0 spiro atoms. The molecule has 2 heterocycles. The SMILES string of the molecule is Brc1cnc(C2CCNCC2)c(Br)c1. The topological polar surface area (TPSA) is 24.9 Å². The Bertz CT molecular complexity index is 322. The van der Waals surface area contributed by atoms with E-state index < -0.39 is 0 Å². The first-order valence-electron chi connectivity index (χ1n) is 4.79. The molecule has 14 heavy (non-hydrogen) atoms. The molecule has 0 bridgehead atoms. The highest BCUT2D eigenvalue weighted by atomic mass is 79.9. The average Bonchev–Trinajstić information content (AvgIpc) is 2.19. The van der Waals surface area contributed by atoms with Crippen LogP contribution in [0.5, 0.6) is 0 Å². The van der Waals surface area contributed by atoms with Gasteiger partial charge >= 0.3 is 0 Å². The lowest BCUT2D eigenvalue weighted by molar-refractivity contribution is 0.452. The van der Waals surface area contributed by atoms with Crippen molar-refractivity contribution in [1.82, 2.24) is 10.3 Å². The Morgan fingerprint density at radius 1 is 1.29 bits per heavy atom. The zero-order valence-corrected chi connectivity index (χ0v) is 10.9. The minimum Gasteiger partial charge on any atom is -0.317 e. The van der Waals surface area contributed by atoms with Crippen molar-refractivity contribution in [3.05, 3.63) is 26.9 Å². The van der Waals surface area contributed by atoms with Crippen molar-refractivity contribution < 1.29 is 0 Å². The van der Waals surface area contributed by atoms with Gasteiger partial charge in [0.1, 0.15) is 0 Å².